The molecular weight excluding hydrogens is 318 g/mol. The van der Waals surface area contributed by atoms with Crippen LogP contribution in [0.4, 0.5) is 5.69 Å². The van der Waals surface area contributed by atoms with Crippen molar-refractivity contribution in [3.63, 3.8) is 0 Å². The summed E-state index contributed by atoms with van der Waals surface area (Å²) in [5, 5.41) is 3.32. The quantitative estimate of drug-likeness (QED) is 0.722. The zero-order valence-electron chi connectivity index (χ0n) is 14.8. The first-order valence-electron chi connectivity index (χ1n) is 7.98. The van der Waals surface area contributed by atoms with Crippen LogP contribution in [-0.4, -0.2) is 29.6 Å². The fourth-order valence-electron chi connectivity index (χ4n) is 2.86. The number of anilines is 1. The lowest BCUT2D eigenvalue weighted by Crippen LogP contribution is -2.13. The summed E-state index contributed by atoms with van der Waals surface area (Å²) in [4.78, 5) is 16.7. The Bertz CT molecular complexity index is 931. The fraction of sp³-hybridized carbons (Fsp3) is 0.263. The molecule has 1 N–H and O–H groups in total. The lowest BCUT2D eigenvalue weighted by atomic mass is 10.1. The molecule has 0 aliphatic heterocycles. The van der Waals surface area contributed by atoms with Crippen molar-refractivity contribution in [2.75, 3.05) is 19.5 Å². The molecule has 6 nitrogen and oxygen atoms in total. The first kappa shape index (κ1) is 16.8. The van der Waals surface area contributed by atoms with E-state index in [9.17, 15) is 4.79 Å². The summed E-state index contributed by atoms with van der Waals surface area (Å²) in [6.07, 6.45) is 1.82. The number of carbonyl (C=O) groups is 1. The number of nitrogens with zero attached hydrogens (tertiary/aromatic N) is 2. The molecule has 1 aromatic carbocycles. The van der Waals surface area contributed by atoms with Crippen molar-refractivity contribution in [1.29, 1.82) is 0 Å². The molecule has 0 aliphatic carbocycles. The topological polar surface area (TPSA) is 64.9 Å². The maximum Gasteiger partial charge on any atom is 0.357 e. The van der Waals surface area contributed by atoms with Crippen molar-refractivity contribution in [2.45, 2.75) is 20.4 Å². The average Bonchev–Trinajstić information content (AvgIpc) is 2.99. The van der Waals surface area contributed by atoms with E-state index in [2.05, 4.69) is 16.4 Å². The van der Waals surface area contributed by atoms with Gasteiger partial charge in [0.25, 0.3) is 0 Å². The van der Waals surface area contributed by atoms with E-state index in [1.807, 2.05) is 44.3 Å². The van der Waals surface area contributed by atoms with E-state index < -0.39 is 5.97 Å². The molecule has 3 aromatic rings. The van der Waals surface area contributed by atoms with Gasteiger partial charge in [0.05, 0.1) is 25.6 Å². The second-order valence-electron chi connectivity index (χ2n) is 5.87. The van der Waals surface area contributed by atoms with E-state index in [4.69, 9.17) is 9.47 Å². The Morgan fingerprint density at radius 3 is 2.72 bits per heavy atom. The number of esters is 1. The summed E-state index contributed by atoms with van der Waals surface area (Å²) in [5.74, 6) is 0.388. The lowest BCUT2D eigenvalue weighted by molar-refractivity contribution is 0.0593. The van der Waals surface area contributed by atoms with Crippen molar-refractivity contribution in [3.05, 3.63) is 59.0 Å². The summed E-state index contributed by atoms with van der Waals surface area (Å²) < 4.78 is 12.1. The first-order valence-corrected chi connectivity index (χ1v) is 7.98. The number of ether oxygens (including phenoxy) is 2. The Hall–Kier alpha value is -3.02. The smallest absolute Gasteiger partial charge is 0.357 e. The number of methoxy groups -OCH3 is 2. The van der Waals surface area contributed by atoms with E-state index >= 15 is 0 Å². The van der Waals surface area contributed by atoms with Gasteiger partial charge in [-0.1, -0.05) is 17.7 Å². The number of rotatable bonds is 5. The van der Waals surface area contributed by atoms with Gasteiger partial charge in [-0.05, 0) is 32.0 Å². The highest BCUT2D eigenvalue weighted by atomic mass is 16.5. The Kier molecular flexibility index (Phi) is 4.61. The normalized spacial score (nSPS) is 10.7. The van der Waals surface area contributed by atoms with Crippen LogP contribution < -0.4 is 10.1 Å². The maximum absolute atomic E-state index is 12.3. The van der Waals surface area contributed by atoms with E-state index in [1.165, 1.54) is 7.11 Å². The number of aryl methyl sites for hydroxylation is 2. The van der Waals surface area contributed by atoms with Crippen LogP contribution in [0, 0.1) is 13.8 Å². The van der Waals surface area contributed by atoms with Gasteiger partial charge in [-0.2, -0.15) is 0 Å². The molecule has 0 saturated carbocycles. The van der Waals surface area contributed by atoms with Gasteiger partial charge < -0.3 is 14.8 Å². The fourth-order valence-corrected chi connectivity index (χ4v) is 2.86. The minimum atomic E-state index is -0.415. The number of aromatic nitrogens is 2. The highest BCUT2D eigenvalue weighted by Gasteiger charge is 2.17. The van der Waals surface area contributed by atoms with Crippen molar-refractivity contribution < 1.29 is 14.3 Å². The highest BCUT2D eigenvalue weighted by Crippen LogP contribution is 2.24. The van der Waals surface area contributed by atoms with E-state index in [-0.39, 0.29) is 0 Å². The molecule has 2 heterocycles. The van der Waals surface area contributed by atoms with Crippen LogP contribution in [0.15, 0.2) is 36.5 Å². The SMILES string of the molecule is COC(=O)c1c(NCc2cc(C)ccc2OC)ccc2nc(C)cn12. The number of hydrogen-bond donors (Lipinski definition) is 1. The molecule has 0 saturated heterocycles. The van der Waals surface area contributed by atoms with Crippen LogP contribution in [0.25, 0.3) is 5.65 Å². The van der Waals surface area contributed by atoms with Gasteiger partial charge in [0.15, 0.2) is 5.69 Å². The Morgan fingerprint density at radius 1 is 1.20 bits per heavy atom. The van der Waals surface area contributed by atoms with Crippen molar-refractivity contribution >= 4 is 17.3 Å². The molecule has 3 rings (SSSR count). The zero-order valence-corrected chi connectivity index (χ0v) is 14.8. The predicted molar refractivity (Wildman–Crippen MR) is 96.3 cm³/mol. The van der Waals surface area contributed by atoms with E-state index in [0.717, 1.165) is 22.6 Å². The Morgan fingerprint density at radius 2 is 2.00 bits per heavy atom. The Balaban J connectivity index is 1.99. The highest BCUT2D eigenvalue weighted by molar-refractivity contribution is 5.94. The third-order valence-electron chi connectivity index (χ3n) is 4.03. The largest absolute Gasteiger partial charge is 0.496 e. The monoisotopic (exact) mass is 339 g/mol. The van der Waals surface area contributed by atoms with Crippen LogP contribution >= 0.6 is 0 Å². The maximum atomic E-state index is 12.3. The number of hydrogen-bond acceptors (Lipinski definition) is 5. The zero-order chi connectivity index (χ0) is 18.0. The third kappa shape index (κ3) is 3.28. The van der Waals surface area contributed by atoms with Gasteiger partial charge in [0.1, 0.15) is 11.4 Å². The molecule has 2 aromatic heterocycles. The summed E-state index contributed by atoms with van der Waals surface area (Å²) in [6, 6.07) is 9.72. The minimum absolute atomic E-state index is 0.415. The van der Waals surface area contributed by atoms with Gasteiger partial charge in [-0.15, -0.1) is 0 Å². The Labute approximate surface area is 146 Å². The van der Waals surface area contributed by atoms with Crippen molar-refractivity contribution in [1.82, 2.24) is 9.38 Å². The van der Waals surface area contributed by atoms with Crippen LogP contribution in [-0.2, 0) is 11.3 Å². The first-order chi connectivity index (χ1) is 12.0. The molecule has 25 heavy (non-hydrogen) atoms. The summed E-state index contributed by atoms with van der Waals surface area (Å²) >= 11 is 0. The van der Waals surface area contributed by atoms with E-state index in [1.54, 1.807) is 11.5 Å². The van der Waals surface area contributed by atoms with Crippen molar-refractivity contribution in [3.8, 4) is 5.75 Å². The predicted octanol–water partition coefficient (Wildman–Crippen LogP) is 3.36. The standard InChI is InChI=1S/C19H21N3O3/c1-12-5-7-16(24-3)14(9-12)10-20-15-6-8-17-21-13(2)11-22(17)18(15)19(23)25-4/h5-9,11,20H,10H2,1-4H3. The molecule has 0 atom stereocenters. The van der Waals surface area contributed by atoms with Gasteiger partial charge in [0, 0.05) is 18.3 Å². The van der Waals surface area contributed by atoms with Crippen LogP contribution in [0.5, 0.6) is 5.75 Å². The second-order valence-corrected chi connectivity index (χ2v) is 5.87. The minimum Gasteiger partial charge on any atom is -0.496 e. The number of carbonyl (C=O) groups excluding carboxylic acids is 1. The number of pyridine rings is 1. The van der Waals surface area contributed by atoms with Crippen LogP contribution in [0.3, 0.4) is 0 Å². The second kappa shape index (κ2) is 6.84. The molecular formula is C19H21N3O3. The molecule has 0 aliphatic rings. The van der Waals surface area contributed by atoms with Crippen LogP contribution in [0.2, 0.25) is 0 Å². The van der Waals surface area contributed by atoms with Gasteiger partial charge >= 0.3 is 5.97 Å². The molecule has 130 valence electrons. The molecule has 0 fully saturated rings. The van der Waals surface area contributed by atoms with Gasteiger partial charge in [-0.25, -0.2) is 9.78 Å². The third-order valence-corrected chi connectivity index (χ3v) is 4.03. The molecule has 0 radical (unpaired) electrons. The molecule has 6 heteroatoms. The number of benzene rings is 1. The van der Waals surface area contributed by atoms with E-state index in [0.29, 0.717) is 23.6 Å². The number of fused-ring (bicyclic) bond motifs is 1. The number of imidazole rings is 1. The summed E-state index contributed by atoms with van der Waals surface area (Å²) in [6.45, 7) is 4.44. The summed E-state index contributed by atoms with van der Waals surface area (Å²) in [5.41, 5.74) is 4.80. The molecule has 0 bridgehead atoms. The number of nitrogens with one attached hydrogen (secondary N) is 1. The average molecular weight is 339 g/mol. The lowest BCUT2D eigenvalue weighted by Gasteiger charge is -2.14. The van der Waals surface area contributed by atoms with Crippen LogP contribution in [0.1, 0.15) is 27.3 Å². The van der Waals surface area contributed by atoms with Gasteiger partial charge in [0.2, 0.25) is 0 Å². The molecule has 0 unspecified atom stereocenters. The van der Waals surface area contributed by atoms with Gasteiger partial charge in [-0.3, -0.25) is 4.40 Å². The van der Waals surface area contributed by atoms with Crippen molar-refractivity contribution in [2.24, 2.45) is 0 Å². The molecule has 0 spiro atoms. The molecule has 0 amide bonds. The summed E-state index contributed by atoms with van der Waals surface area (Å²) in [7, 11) is 3.02.